The Labute approximate surface area is 143 Å². The Hall–Kier alpha value is -3.54. The molecule has 0 saturated carbocycles. The highest BCUT2D eigenvalue weighted by atomic mass is 16.5. The number of esters is 1. The molecule has 0 radical (unpaired) electrons. The average Bonchev–Trinajstić information content (AvgIpc) is 2.94. The average molecular weight is 335 g/mol. The molecule has 0 saturated heterocycles. The van der Waals surface area contributed by atoms with Crippen molar-refractivity contribution < 1.29 is 9.53 Å². The van der Waals surface area contributed by atoms with Crippen LogP contribution in [0.3, 0.4) is 0 Å². The van der Waals surface area contributed by atoms with Crippen molar-refractivity contribution in [2.24, 2.45) is 0 Å². The molecule has 126 valence electrons. The zero-order valence-electron chi connectivity index (χ0n) is 13.7. The Kier molecular flexibility index (Phi) is 4.52. The lowest BCUT2D eigenvalue weighted by Gasteiger charge is -2.06. The molecule has 0 aliphatic rings. The van der Waals surface area contributed by atoms with Crippen LogP contribution in [0.5, 0.6) is 0 Å². The monoisotopic (exact) mass is 335 g/mol. The van der Waals surface area contributed by atoms with Crippen LogP contribution in [0.15, 0.2) is 59.4 Å². The summed E-state index contributed by atoms with van der Waals surface area (Å²) in [5.41, 5.74) is 1.40. The van der Waals surface area contributed by atoms with Gasteiger partial charge in [0.1, 0.15) is 0 Å². The van der Waals surface area contributed by atoms with Gasteiger partial charge in [0.2, 0.25) is 0 Å². The van der Waals surface area contributed by atoms with Gasteiger partial charge in [0.05, 0.1) is 34.6 Å². The number of nitrogens with zero attached hydrogens (tertiary/aromatic N) is 1. The number of anilines is 1. The summed E-state index contributed by atoms with van der Waals surface area (Å²) in [4.78, 5) is 24.4. The Bertz CT molecular complexity index is 1070. The van der Waals surface area contributed by atoms with Crippen molar-refractivity contribution in [1.29, 1.82) is 0 Å². The van der Waals surface area contributed by atoms with Crippen LogP contribution in [0.2, 0.25) is 0 Å². The van der Waals surface area contributed by atoms with E-state index in [0.29, 0.717) is 27.5 Å². The summed E-state index contributed by atoms with van der Waals surface area (Å²) < 4.78 is 6.18. The van der Waals surface area contributed by atoms with Crippen molar-refractivity contribution in [2.75, 3.05) is 12.4 Å². The molecule has 1 heterocycles. The van der Waals surface area contributed by atoms with Crippen LogP contribution in [0.25, 0.3) is 18.5 Å². The molecule has 6 heteroatoms. The second kappa shape index (κ2) is 6.92. The van der Waals surface area contributed by atoms with Crippen LogP contribution in [-0.2, 0) is 4.74 Å². The Morgan fingerprint density at radius 2 is 1.84 bits per heavy atom. The molecule has 1 aromatic heterocycles. The van der Waals surface area contributed by atoms with E-state index in [1.54, 1.807) is 24.3 Å². The SMILES string of the molecule is C=c1[nH]n(-c2ccccc2)c(=O)c1=CNc1ccccc1C(=O)OC. The van der Waals surface area contributed by atoms with E-state index in [9.17, 15) is 9.59 Å². The molecule has 0 aliphatic carbocycles. The second-order valence-corrected chi connectivity index (χ2v) is 5.31. The van der Waals surface area contributed by atoms with Gasteiger partial charge in [-0.2, -0.15) is 0 Å². The van der Waals surface area contributed by atoms with E-state index in [1.807, 2.05) is 30.3 Å². The molecule has 0 bridgehead atoms. The number of hydrogen-bond donors (Lipinski definition) is 2. The minimum Gasteiger partial charge on any atom is -0.465 e. The number of para-hydroxylation sites is 2. The predicted octanol–water partition coefficient (Wildman–Crippen LogP) is 1.21. The lowest BCUT2D eigenvalue weighted by atomic mass is 10.2. The number of nitrogens with one attached hydrogen (secondary N) is 2. The third-order valence-corrected chi connectivity index (χ3v) is 3.72. The molecular weight excluding hydrogens is 318 g/mol. The highest BCUT2D eigenvalue weighted by molar-refractivity contribution is 5.96. The molecule has 3 rings (SSSR count). The number of rotatable bonds is 4. The first-order chi connectivity index (χ1) is 12.1. The fourth-order valence-corrected chi connectivity index (χ4v) is 2.45. The fourth-order valence-electron chi connectivity index (χ4n) is 2.45. The topological polar surface area (TPSA) is 76.1 Å². The fraction of sp³-hybridized carbons (Fsp3) is 0.0526. The normalized spacial score (nSPS) is 11.3. The third-order valence-electron chi connectivity index (χ3n) is 3.72. The van der Waals surface area contributed by atoms with Gasteiger partial charge >= 0.3 is 5.97 Å². The van der Waals surface area contributed by atoms with Gasteiger partial charge in [-0.25, -0.2) is 9.48 Å². The molecule has 0 unspecified atom stereocenters. The summed E-state index contributed by atoms with van der Waals surface area (Å²) in [5.74, 6) is -0.456. The minimum atomic E-state index is -0.456. The molecule has 0 spiro atoms. The molecule has 6 nitrogen and oxygen atoms in total. The van der Waals surface area contributed by atoms with Crippen molar-refractivity contribution in [3.63, 3.8) is 0 Å². The summed E-state index contributed by atoms with van der Waals surface area (Å²) in [5, 5.41) is 6.78. The zero-order valence-corrected chi connectivity index (χ0v) is 13.7. The molecular formula is C19H17N3O3. The van der Waals surface area contributed by atoms with Crippen molar-refractivity contribution in [2.45, 2.75) is 0 Å². The number of ether oxygens (including phenoxy) is 1. The number of aromatic amines is 1. The molecule has 2 N–H and O–H groups in total. The maximum Gasteiger partial charge on any atom is 0.339 e. The van der Waals surface area contributed by atoms with Gasteiger partial charge in [0.15, 0.2) is 0 Å². The summed E-state index contributed by atoms with van der Waals surface area (Å²) >= 11 is 0. The number of methoxy groups -OCH3 is 1. The van der Waals surface area contributed by atoms with E-state index < -0.39 is 5.97 Å². The number of carbonyl (C=O) groups is 1. The number of carbonyl (C=O) groups excluding carboxylic acids is 1. The largest absolute Gasteiger partial charge is 0.465 e. The first-order valence-electron chi connectivity index (χ1n) is 7.61. The van der Waals surface area contributed by atoms with Crippen molar-refractivity contribution in [3.8, 4) is 5.69 Å². The summed E-state index contributed by atoms with van der Waals surface area (Å²) in [7, 11) is 1.32. The standard InChI is InChI=1S/C19H17N3O3/c1-13-16(18(23)22(21-13)14-8-4-3-5-9-14)12-20-17-11-7-6-10-15(17)19(24)25-2/h3-12,20-21H,1H2,2H3. The first-order valence-corrected chi connectivity index (χ1v) is 7.61. The van der Waals surface area contributed by atoms with Gasteiger partial charge in [0, 0.05) is 6.20 Å². The molecule has 3 aromatic rings. The van der Waals surface area contributed by atoms with Gasteiger partial charge in [-0.15, -0.1) is 0 Å². The van der Waals surface area contributed by atoms with Crippen LogP contribution < -0.4 is 21.4 Å². The third kappa shape index (κ3) is 3.23. The van der Waals surface area contributed by atoms with Gasteiger partial charge < -0.3 is 10.1 Å². The van der Waals surface area contributed by atoms with Gasteiger partial charge in [-0.1, -0.05) is 36.9 Å². The van der Waals surface area contributed by atoms with E-state index >= 15 is 0 Å². The predicted molar refractivity (Wildman–Crippen MR) is 97.0 cm³/mol. The van der Waals surface area contributed by atoms with E-state index in [2.05, 4.69) is 17.0 Å². The Morgan fingerprint density at radius 1 is 1.16 bits per heavy atom. The highest BCUT2D eigenvalue weighted by Gasteiger charge is 2.10. The highest BCUT2D eigenvalue weighted by Crippen LogP contribution is 2.15. The molecule has 0 aliphatic heterocycles. The molecule has 0 atom stereocenters. The summed E-state index contributed by atoms with van der Waals surface area (Å²) in [6.07, 6.45) is 1.53. The maximum absolute atomic E-state index is 12.6. The van der Waals surface area contributed by atoms with Gasteiger partial charge in [-0.3, -0.25) is 9.89 Å². The molecule has 0 amide bonds. The lowest BCUT2D eigenvalue weighted by molar-refractivity contribution is 0.0602. The number of aromatic nitrogens is 2. The van der Waals surface area contributed by atoms with Crippen LogP contribution in [0.1, 0.15) is 10.4 Å². The van der Waals surface area contributed by atoms with Crippen LogP contribution in [-0.4, -0.2) is 22.9 Å². The zero-order chi connectivity index (χ0) is 17.8. The lowest BCUT2D eigenvalue weighted by Crippen LogP contribution is -2.34. The quantitative estimate of drug-likeness (QED) is 0.703. The maximum atomic E-state index is 12.6. The van der Waals surface area contributed by atoms with E-state index in [4.69, 9.17) is 4.74 Å². The van der Waals surface area contributed by atoms with Crippen LogP contribution in [0, 0.1) is 0 Å². The number of benzene rings is 2. The van der Waals surface area contributed by atoms with Gasteiger partial charge in [-0.05, 0) is 24.3 Å². The van der Waals surface area contributed by atoms with Crippen molar-refractivity contribution >= 4 is 24.4 Å². The molecule has 0 fully saturated rings. The van der Waals surface area contributed by atoms with Gasteiger partial charge in [0.25, 0.3) is 5.56 Å². The molecule has 25 heavy (non-hydrogen) atoms. The number of hydrogen-bond acceptors (Lipinski definition) is 4. The Morgan fingerprint density at radius 3 is 2.56 bits per heavy atom. The number of H-pyrrole nitrogens is 1. The van der Waals surface area contributed by atoms with Crippen LogP contribution >= 0.6 is 0 Å². The Balaban J connectivity index is 2.02. The minimum absolute atomic E-state index is 0.237. The first kappa shape index (κ1) is 16.3. The van der Waals surface area contributed by atoms with E-state index in [1.165, 1.54) is 18.0 Å². The summed E-state index contributed by atoms with van der Waals surface area (Å²) in [6, 6.07) is 16.1. The van der Waals surface area contributed by atoms with Crippen LogP contribution in [0.4, 0.5) is 5.69 Å². The van der Waals surface area contributed by atoms with E-state index in [0.717, 1.165) is 0 Å². The summed E-state index contributed by atoms with van der Waals surface area (Å²) in [6.45, 7) is 3.87. The second-order valence-electron chi connectivity index (χ2n) is 5.31. The van der Waals surface area contributed by atoms with E-state index in [-0.39, 0.29) is 5.56 Å². The smallest absolute Gasteiger partial charge is 0.339 e. The molecule has 2 aromatic carbocycles. The van der Waals surface area contributed by atoms with Crippen molar-refractivity contribution in [3.05, 3.63) is 81.1 Å². The van der Waals surface area contributed by atoms with Crippen molar-refractivity contribution in [1.82, 2.24) is 9.78 Å².